The Labute approximate surface area is 131 Å². The van der Waals surface area contributed by atoms with Crippen LogP contribution in [0.3, 0.4) is 0 Å². The number of aryl methyl sites for hydroxylation is 3. The highest BCUT2D eigenvalue weighted by atomic mass is 32.1. The molecule has 3 aromatic carbocycles. The summed E-state index contributed by atoms with van der Waals surface area (Å²) in [7, 11) is 0. The van der Waals surface area contributed by atoms with Crippen LogP contribution in [0.4, 0.5) is 0 Å². The molecule has 0 aliphatic carbocycles. The zero-order valence-electron chi connectivity index (χ0n) is 12.6. The van der Waals surface area contributed by atoms with Crippen LogP contribution in [0, 0.1) is 20.8 Å². The summed E-state index contributed by atoms with van der Waals surface area (Å²) in [6.07, 6.45) is 0. The normalized spacial score (nSPS) is 10.8. The van der Waals surface area contributed by atoms with Crippen molar-refractivity contribution in [3.05, 3.63) is 82.4 Å². The molecule has 0 nitrogen and oxygen atoms in total. The first-order valence-corrected chi connectivity index (χ1v) is 7.58. The molecule has 0 bridgehead atoms. The molecule has 0 fully saturated rings. The molecule has 0 heterocycles. The van der Waals surface area contributed by atoms with Gasteiger partial charge in [-0.3, -0.25) is 0 Å². The number of fused-ring (bicyclic) bond motifs is 1. The zero-order valence-corrected chi connectivity index (χ0v) is 13.4. The van der Waals surface area contributed by atoms with Gasteiger partial charge in [0.2, 0.25) is 0 Å². The molecule has 0 aromatic heterocycles. The molecular weight excluding hydrogens is 272 g/mol. The predicted molar refractivity (Wildman–Crippen MR) is 95.4 cm³/mol. The van der Waals surface area contributed by atoms with E-state index in [1.165, 1.54) is 33.0 Å². The van der Waals surface area contributed by atoms with E-state index in [-0.39, 0.29) is 0 Å². The number of thiocarbonyl (C=S) groups is 1. The van der Waals surface area contributed by atoms with Gasteiger partial charge in [-0.15, -0.1) is 0 Å². The first kappa shape index (κ1) is 14.0. The quantitative estimate of drug-likeness (QED) is 0.441. The van der Waals surface area contributed by atoms with Gasteiger partial charge in [0, 0.05) is 0 Å². The van der Waals surface area contributed by atoms with E-state index in [1.807, 2.05) is 0 Å². The van der Waals surface area contributed by atoms with Gasteiger partial charge in [0.15, 0.2) is 0 Å². The van der Waals surface area contributed by atoms with Crippen LogP contribution in [0.5, 0.6) is 0 Å². The molecule has 3 rings (SSSR count). The van der Waals surface area contributed by atoms with E-state index < -0.39 is 0 Å². The van der Waals surface area contributed by atoms with Crippen molar-refractivity contribution < 1.29 is 0 Å². The topological polar surface area (TPSA) is 0 Å². The van der Waals surface area contributed by atoms with Crippen molar-refractivity contribution in [2.75, 3.05) is 0 Å². The Morgan fingerprint density at radius 3 is 2.05 bits per heavy atom. The minimum Gasteiger partial charge on any atom is -0.0788 e. The second-order valence-corrected chi connectivity index (χ2v) is 6.07. The summed E-state index contributed by atoms with van der Waals surface area (Å²) in [6, 6.07) is 19.3. The van der Waals surface area contributed by atoms with Gasteiger partial charge in [0.05, 0.1) is 4.86 Å². The lowest BCUT2D eigenvalue weighted by Crippen LogP contribution is -2.05. The number of benzene rings is 3. The third-order valence-electron chi connectivity index (χ3n) is 3.92. The average Bonchev–Trinajstić information content (AvgIpc) is 2.45. The molecule has 0 N–H and O–H groups in total. The minimum atomic E-state index is 0.941. The van der Waals surface area contributed by atoms with E-state index in [4.69, 9.17) is 12.2 Å². The van der Waals surface area contributed by atoms with Gasteiger partial charge in [-0.2, -0.15) is 0 Å². The predicted octanol–water partition coefficient (Wildman–Crippen LogP) is 5.53. The second-order valence-electron chi connectivity index (χ2n) is 5.66. The molecule has 104 valence electrons. The number of hydrogen-bond acceptors (Lipinski definition) is 1. The highest BCUT2D eigenvalue weighted by Crippen LogP contribution is 2.23. The lowest BCUT2D eigenvalue weighted by molar-refractivity contribution is 1.30. The summed E-state index contributed by atoms with van der Waals surface area (Å²) in [5, 5.41) is 2.49. The summed E-state index contributed by atoms with van der Waals surface area (Å²) in [6.45, 7) is 6.41. The molecular formula is C20H18S. The summed E-state index contributed by atoms with van der Waals surface area (Å²) in [5.74, 6) is 0. The van der Waals surface area contributed by atoms with Crippen molar-refractivity contribution in [3.63, 3.8) is 0 Å². The van der Waals surface area contributed by atoms with Crippen LogP contribution in [0.1, 0.15) is 27.8 Å². The van der Waals surface area contributed by atoms with Crippen LogP contribution in [-0.4, -0.2) is 4.86 Å². The van der Waals surface area contributed by atoms with E-state index in [1.54, 1.807) is 0 Å². The third kappa shape index (κ3) is 2.62. The largest absolute Gasteiger partial charge is 0.0788 e. The molecule has 1 heteroatoms. The molecule has 0 aliphatic rings. The molecule has 0 saturated heterocycles. The molecule has 0 unspecified atom stereocenters. The van der Waals surface area contributed by atoms with E-state index in [2.05, 4.69) is 75.4 Å². The summed E-state index contributed by atoms with van der Waals surface area (Å²) in [5.41, 5.74) is 6.12. The van der Waals surface area contributed by atoms with E-state index >= 15 is 0 Å². The Hall–Kier alpha value is -1.99. The van der Waals surface area contributed by atoms with Crippen molar-refractivity contribution in [1.82, 2.24) is 0 Å². The molecule has 0 amide bonds. The zero-order chi connectivity index (χ0) is 15.0. The van der Waals surface area contributed by atoms with Gasteiger partial charge in [-0.05, 0) is 59.9 Å². The Balaban J connectivity index is 2.12. The Bertz CT molecular complexity index is 820. The molecule has 21 heavy (non-hydrogen) atoms. The first-order valence-electron chi connectivity index (χ1n) is 7.17. The Morgan fingerprint density at radius 2 is 1.38 bits per heavy atom. The maximum atomic E-state index is 5.77. The number of hydrogen-bond donors (Lipinski definition) is 0. The van der Waals surface area contributed by atoms with E-state index in [0.29, 0.717) is 0 Å². The van der Waals surface area contributed by atoms with Crippen molar-refractivity contribution in [3.8, 4) is 0 Å². The smallest absolute Gasteiger partial charge is 0.0527 e. The SMILES string of the molecule is Cc1cc(C)c(C(=S)c2ccc3ccccc3c2)c(C)c1. The lowest BCUT2D eigenvalue weighted by Gasteiger charge is -2.13. The highest BCUT2D eigenvalue weighted by Gasteiger charge is 2.11. The van der Waals surface area contributed by atoms with Gasteiger partial charge in [-0.25, -0.2) is 0 Å². The van der Waals surface area contributed by atoms with Crippen molar-refractivity contribution >= 4 is 27.9 Å². The average molecular weight is 290 g/mol. The molecule has 0 atom stereocenters. The van der Waals surface area contributed by atoms with Gasteiger partial charge in [0.1, 0.15) is 0 Å². The van der Waals surface area contributed by atoms with Gasteiger partial charge in [-0.1, -0.05) is 66.3 Å². The first-order chi connectivity index (χ1) is 10.1. The molecule has 3 aromatic rings. The van der Waals surface area contributed by atoms with Crippen LogP contribution in [0.25, 0.3) is 10.8 Å². The Kier molecular flexibility index (Phi) is 3.60. The molecule has 0 spiro atoms. The number of rotatable bonds is 2. The fraction of sp³-hybridized carbons (Fsp3) is 0.150. The van der Waals surface area contributed by atoms with E-state index in [0.717, 1.165) is 10.4 Å². The van der Waals surface area contributed by atoms with Crippen molar-refractivity contribution in [2.45, 2.75) is 20.8 Å². The maximum absolute atomic E-state index is 5.77. The van der Waals surface area contributed by atoms with Crippen LogP contribution in [-0.2, 0) is 0 Å². The van der Waals surface area contributed by atoms with Crippen molar-refractivity contribution in [2.24, 2.45) is 0 Å². The second kappa shape index (κ2) is 5.42. The van der Waals surface area contributed by atoms with Crippen molar-refractivity contribution in [1.29, 1.82) is 0 Å². The fourth-order valence-corrected chi connectivity index (χ4v) is 3.46. The molecule has 0 saturated carbocycles. The Morgan fingerprint density at radius 1 is 0.762 bits per heavy atom. The standard InChI is InChI=1S/C20H18S/c1-13-10-14(2)19(15(3)11-13)20(21)18-9-8-16-6-4-5-7-17(16)12-18/h4-12H,1-3H3. The van der Waals surface area contributed by atoms with Gasteiger partial charge >= 0.3 is 0 Å². The van der Waals surface area contributed by atoms with Gasteiger partial charge < -0.3 is 0 Å². The van der Waals surface area contributed by atoms with Crippen LogP contribution in [0.2, 0.25) is 0 Å². The monoisotopic (exact) mass is 290 g/mol. The maximum Gasteiger partial charge on any atom is 0.0527 e. The fourth-order valence-electron chi connectivity index (χ4n) is 3.01. The van der Waals surface area contributed by atoms with Crippen LogP contribution < -0.4 is 0 Å². The third-order valence-corrected chi connectivity index (χ3v) is 4.36. The molecule has 0 radical (unpaired) electrons. The molecule has 0 aliphatic heterocycles. The summed E-state index contributed by atoms with van der Waals surface area (Å²) in [4.78, 5) is 0.941. The van der Waals surface area contributed by atoms with E-state index in [9.17, 15) is 0 Å². The van der Waals surface area contributed by atoms with Crippen LogP contribution in [0.15, 0.2) is 54.6 Å². The summed E-state index contributed by atoms with van der Waals surface area (Å²) < 4.78 is 0. The highest BCUT2D eigenvalue weighted by molar-refractivity contribution is 7.81. The minimum absolute atomic E-state index is 0.941. The lowest BCUT2D eigenvalue weighted by atomic mass is 9.93. The summed E-state index contributed by atoms with van der Waals surface area (Å²) >= 11 is 5.77. The van der Waals surface area contributed by atoms with Gasteiger partial charge in [0.25, 0.3) is 0 Å². The van der Waals surface area contributed by atoms with Crippen LogP contribution >= 0.6 is 12.2 Å².